The largest absolute Gasteiger partial charge is 0.388 e. The summed E-state index contributed by atoms with van der Waals surface area (Å²) in [5.74, 6) is 0.0635. The van der Waals surface area contributed by atoms with E-state index >= 15 is 0 Å². The quantitative estimate of drug-likeness (QED) is 0.871. The van der Waals surface area contributed by atoms with Crippen LogP contribution < -0.4 is 10.6 Å². The average Bonchev–Trinajstić information content (AvgIpc) is 2.69. The van der Waals surface area contributed by atoms with Crippen LogP contribution in [0.3, 0.4) is 0 Å². The molecule has 0 saturated carbocycles. The van der Waals surface area contributed by atoms with Gasteiger partial charge in [-0.25, -0.2) is 0 Å². The van der Waals surface area contributed by atoms with Crippen LogP contribution in [0.4, 0.5) is 11.4 Å². The first kappa shape index (κ1) is 12.7. The van der Waals surface area contributed by atoms with Gasteiger partial charge in [0.2, 0.25) is 5.91 Å². The SMILES string of the molecule is CNc1cccc(-c2ccc3c(c2)C(C)(C)C(=O)N3)c1. The summed E-state index contributed by atoms with van der Waals surface area (Å²) < 4.78 is 0. The first-order valence-corrected chi connectivity index (χ1v) is 6.76. The Morgan fingerprint density at radius 3 is 2.55 bits per heavy atom. The van der Waals surface area contributed by atoms with Crippen molar-refractivity contribution in [3.63, 3.8) is 0 Å². The van der Waals surface area contributed by atoms with Crippen LogP contribution in [-0.2, 0) is 10.2 Å². The number of amides is 1. The van der Waals surface area contributed by atoms with Crippen molar-refractivity contribution >= 4 is 17.3 Å². The molecule has 20 heavy (non-hydrogen) atoms. The summed E-state index contributed by atoms with van der Waals surface area (Å²) in [4.78, 5) is 12.0. The molecule has 0 aromatic heterocycles. The third kappa shape index (κ3) is 1.86. The van der Waals surface area contributed by atoms with Gasteiger partial charge in [0.05, 0.1) is 5.41 Å². The highest BCUT2D eigenvalue weighted by Gasteiger charge is 2.38. The van der Waals surface area contributed by atoms with Gasteiger partial charge in [0.25, 0.3) is 0 Å². The molecular formula is C17H18N2O. The standard InChI is InChI=1S/C17H18N2O/c1-17(2)14-10-12(7-8-15(14)19-16(17)20)11-5-4-6-13(9-11)18-3/h4-10,18H,1-3H3,(H,19,20). The van der Waals surface area contributed by atoms with Gasteiger partial charge in [-0.05, 0) is 54.8 Å². The second kappa shape index (κ2) is 4.37. The van der Waals surface area contributed by atoms with Crippen molar-refractivity contribution in [1.82, 2.24) is 0 Å². The summed E-state index contributed by atoms with van der Waals surface area (Å²) in [6, 6.07) is 14.4. The molecule has 3 rings (SSSR count). The van der Waals surface area contributed by atoms with Crippen molar-refractivity contribution in [1.29, 1.82) is 0 Å². The summed E-state index contributed by atoms with van der Waals surface area (Å²) >= 11 is 0. The zero-order valence-corrected chi connectivity index (χ0v) is 11.9. The van der Waals surface area contributed by atoms with Crippen LogP contribution in [0.15, 0.2) is 42.5 Å². The second-order valence-electron chi connectivity index (χ2n) is 5.67. The first-order valence-electron chi connectivity index (χ1n) is 6.76. The van der Waals surface area contributed by atoms with Gasteiger partial charge in [0, 0.05) is 18.4 Å². The Labute approximate surface area is 119 Å². The molecule has 2 aromatic rings. The normalized spacial score (nSPS) is 15.7. The number of benzene rings is 2. The molecule has 0 aliphatic carbocycles. The Bertz CT molecular complexity index is 689. The summed E-state index contributed by atoms with van der Waals surface area (Å²) in [6.07, 6.45) is 0. The van der Waals surface area contributed by atoms with Gasteiger partial charge in [-0.2, -0.15) is 0 Å². The molecule has 0 fully saturated rings. The number of nitrogens with one attached hydrogen (secondary N) is 2. The molecule has 0 radical (unpaired) electrons. The molecule has 0 unspecified atom stereocenters. The van der Waals surface area contributed by atoms with Crippen molar-refractivity contribution < 1.29 is 4.79 Å². The van der Waals surface area contributed by atoms with Gasteiger partial charge >= 0.3 is 0 Å². The van der Waals surface area contributed by atoms with Gasteiger partial charge in [-0.15, -0.1) is 0 Å². The molecule has 1 aliphatic heterocycles. The maximum absolute atomic E-state index is 12.0. The number of carbonyl (C=O) groups excluding carboxylic acids is 1. The molecule has 1 aliphatic rings. The lowest BCUT2D eigenvalue weighted by Gasteiger charge is -2.16. The van der Waals surface area contributed by atoms with E-state index in [0.29, 0.717) is 0 Å². The Morgan fingerprint density at radius 1 is 1.05 bits per heavy atom. The highest BCUT2D eigenvalue weighted by molar-refractivity contribution is 6.06. The molecule has 0 bridgehead atoms. The van der Waals surface area contributed by atoms with Crippen LogP contribution in [0, 0.1) is 0 Å². The van der Waals surface area contributed by atoms with E-state index < -0.39 is 5.41 Å². The minimum Gasteiger partial charge on any atom is -0.388 e. The lowest BCUT2D eigenvalue weighted by molar-refractivity contribution is -0.119. The first-order chi connectivity index (χ1) is 9.52. The number of fused-ring (bicyclic) bond motifs is 1. The Kier molecular flexibility index (Phi) is 2.78. The summed E-state index contributed by atoms with van der Waals surface area (Å²) in [5, 5.41) is 6.08. The van der Waals surface area contributed by atoms with Crippen molar-refractivity contribution in [2.75, 3.05) is 17.7 Å². The minimum atomic E-state index is -0.466. The number of carbonyl (C=O) groups is 1. The van der Waals surface area contributed by atoms with Gasteiger partial charge in [-0.3, -0.25) is 4.79 Å². The van der Waals surface area contributed by atoms with Crippen molar-refractivity contribution in [3.8, 4) is 11.1 Å². The Balaban J connectivity index is 2.10. The molecular weight excluding hydrogens is 248 g/mol. The van der Waals surface area contributed by atoms with E-state index in [-0.39, 0.29) is 5.91 Å². The predicted octanol–water partition coefficient (Wildman–Crippen LogP) is 3.63. The number of hydrogen-bond donors (Lipinski definition) is 2. The number of anilines is 2. The summed E-state index contributed by atoms with van der Waals surface area (Å²) in [5.41, 5.74) is 4.88. The van der Waals surface area contributed by atoms with Crippen LogP contribution in [0.5, 0.6) is 0 Å². The second-order valence-corrected chi connectivity index (χ2v) is 5.67. The molecule has 1 amide bonds. The van der Waals surface area contributed by atoms with Gasteiger partial charge in [0.15, 0.2) is 0 Å². The molecule has 102 valence electrons. The van der Waals surface area contributed by atoms with E-state index in [4.69, 9.17) is 0 Å². The van der Waals surface area contributed by atoms with E-state index in [9.17, 15) is 4.79 Å². The van der Waals surface area contributed by atoms with Crippen molar-refractivity contribution in [3.05, 3.63) is 48.0 Å². The Hall–Kier alpha value is -2.29. The zero-order valence-electron chi connectivity index (χ0n) is 11.9. The van der Waals surface area contributed by atoms with Crippen LogP contribution in [0.2, 0.25) is 0 Å². The molecule has 2 N–H and O–H groups in total. The molecule has 0 saturated heterocycles. The predicted molar refractivity (Wildman–Crippen MR) is 83.1 cm³/mol. The lowest BCUT2D eigenvalue weighted by Crippen LogP contribution is -2.26. The van der Waals surface area contributed by atoms with Crippen LogP contribution >= 0.6 is 0 Å². The van der Waals surface area contributed by atoms with E-state index in [1.807, 2.05) is 39.1 Å². The van der Waals surface area contributed by atoms with Gasteiger partial charge in [-0.1, -0.05) is 18.2 Å². The Morgan fingerprint density at radius 2 is 1.80 bits per heavy atom. The fourth-order valence-corrected chi connectivity index (χ4v) is 2.61. The fourth-order valence-electron chi connectivity index (χ4n) is 2.61. The fraction of sp³-hybridized carbons (Fsp3) is 0.235. The van der Waals surface area contributed by atoms with Crippen LogP contribution in [0.1, 0.15) is 19.4 Å². The van der Waals surface area contributed by atoms with E-state index in [0.717, 1.165) is 28.1 Å². The van der Waals surface area contributed by atoms with Crippen LogP contribution in [-0.4, -0.2) is 13.0 Å². The lowest BCUT2D eigenvalue weighted by atomic mass is 9.85. The highest BCUT2D eigenvalue weighted by Crippen LogP contribution is 2.39. The topological polar surface area (TPSA) is 41.1 Å². The van der Waals surface area contributed by atoms with E-state index in [2.05, 4.69) is 34.9 Å². The van der Waals surface area contributed by atoms with E-state index in [1.54, 1.807) is 0 Å². The molecule has 3 heteroatoms. The molecule has 0 spiro atoms. The molecule has 2 aromatic carbocycles. The van der Waals surface area contributed by atoms with E-state index in [1.165, 1.54) is 0 Å². The monoisotopic (exact) mass is 266 g/mol. The third-order valence-electron chi connectivity index (χ3n) is 3.99. The number of hydrogen-bond acceptors (Lipinski definition) is 2. The zero-order chi connectivity index (χ0) is 14.3. The summed E-state index contributed by atoms with van der Waals surface area (Å²) in [7, 11) is 1.91. The maximum atomic E-state index is 12.0. The third-order valence-corrected chi connectivity index (χ3v) is 3.99. The van der Waals surface area contributed by atoms with Crippen molar-refractivity contribution in [2.45, 2.75) is 19.3 Å². The maximum Gasteiger partial charge on any atom is 0.234 e. The number of rotatable bonds is 2. The van der Waals surface area contributed by atoms with Crippen LogP contribution in [0.25, 0.3) is 11.1 Å². The minimum absolute atomic E-state index is 0.0635. The highest BCUT2D eigenvalue weighted by atomic mass is 16.2. The van der Waals surface area contributed by atoms with Gasteiger partial charge in [0.1, 0.15) is 0 Å². The molecule has 1 heterocycles. The molecule has 0 atom stereocenters. The van der Waals surface area contributed by atoms with Crippen molar-refractivity contribution in [2.24, 2.45) is 0 Å². The smallest absolute Gasteiger partial charge is 0.234 e. The molecule has 3 nitrogen and oxygen atoms in total. The summed E-state index contributed by atoms with van der Waals surface area (Å²) in [6.45, 7) is 3.92. The van der Waals surface area contributed by atoms with Gasteiger partial charge < -0.3 is 10.6 Å². The average molecular weight is 266 g/mol.